The van der Waals surface area contributed by atoms with Gasteiger partial charge in [-0.15, -0.1) is 11.3 Å². The van der Waals surface area contributed by atoms with E-state index in [-0.39, 0.29) is 18.6 Å². The average Bonchev–Trinajstić information content (AvgIpc) is 3.19. The van der Waals surface area contributed by atoms with Crippen molar-refractivity contribution in [1.82, 2.24) is 14.8 Å². The van der Waals surface area contributed by atoms with Crippen LogP contribution in [0.1, 0.15) is 33.6 Å². The number of amides is 1. The largest absolute Gasteiger partial charge is 0.480 e. The summed E-state index contributed by atoms with van der Waals surface area (Å²) >= 11 is 1.30. The van der Waals surface area contributed by atoms with Gasteiger partial charge in [-0.05, 0) is 12.8 Å². The molecule has 0 radical (unpaired) electrons. The Morgan fingerprint density at radius 1 is 1.55 bits per heavy atom. The van der Waals surface area contributed by atoms with Gasteiger partial charge in [0.2, 0.25) is 0 Å². The van der Waals surface area contributed by atoms with Crippen LogP contribution in [0.5, 0.6) is 0 Å². The summed E-state index contributed by atoms with van der Waals surface area (Å²) in [5.74, 6) is -1.01. The smallest absolute Gasteiger partial charge is 0.325 e. The van der Waals surface area contributed by atoms with Crippen molar-refractivity contribution in [2.24, 2.45) is 0 Å². The van der Waals surface area contributed by atoms with Crippen LogP contribution >= 0.6 is 11.3 Å². The van der Waals surface area contributed by atoms with Gasteiger partial charge in [0, 0.05) is 18.9 Å². The molecule has 1 saturated heterocycles. The molecule has 1 atom stereocenters. The zero-order valence-corrected chi connectivity index (χ0v) is 12.4. The standard InChI is InChI=1S/C13H14N4O4S/c18-11(19)7-17-4-3-10(16-17)15-12(20)9-6-14-13(22-9)8-2-1-5-21-8/h3-4,6,8H,1-2,5,7H2,(H,18,19)(H,15,16,20). The van der Waals surface area contributed by atoms with Gasteiger partial charge in [0.1, 0.15) is 22.5 Å². The molecule has 0 saturated carbocycles. The fourth-order valence-electron chi connectivity index (χ4n) is 2.15. The third-order valence-corrected chi connectivity index (χ3v) is 4.22. The maximum absolute atomic E-state index is 12.1. The van der Waals surface area contributed by atoms with Crippen LogP contribution < -0.4 is 5.32 Å². The van der Waals surface area contributed by atoms with E-state index in [4.69, 9.17) is 9.84 Å². The number of hydrogen-bond donors (Lipinski definition) is 2. The van der Waals surface area contributed by atoms with Crippen LogP contribution in [0.15, 0.2) is 18.5 Å². The van der Waals surface area contributed by atoms with Crippen LogP contribution in [0.2, 0.25) is 0 Å². The molecular formula is C13H14N4O4S. The molecule has 9 heteroatoms. The van der Waals surface area contributed by atoms with Crippen LogP contribution in [0.4, 0.5) is 5.82 Å². The molecule has 3 heterocycles. The van der Waals surface area contributed by atoms with E-state index in [2.05, 4.69) is 15.4 Å². The Hall–Kier alpha value is -2.26. The monoisotopic (exact) mass is 322 g/mol. The van der Waals surface area contributed by atoms with E-state index in [0.717, 1.165) is 24.5 Å². The second-order valence-electron chi connectivity index (χ2n) is 4.81. The molecule has 1 aliphatic heterocycles. The quantitative estimate of drug-likeness (QED) is 0.864. The number of hydrogen-bond acceptors (Lipinski definition) is 6. The molecule has 1 fully saturated rings. The molecular weight excluding hydrogens is 308 g/mol. The minimum Gasteiger partial charge on any atom is -0.480 e. The highest BCUT2D eigenvalue weighted by atomic mass is 32.1. The van der Waals surface area contributed by atoms with Gasteiger partial charge in [-0.1, -0.05) is 0 Å². The van der Waals surface area contributed by atoms with Crippen LogP contribution in [-0.4, -0.2) is 38.4 Å². The van der Waals surface area contributed by atoms with E-state index < -0.39 is 5.97 Å². The first-order valence-electron chi connectivity index (χ1n) is 6.76. The number of thiazole rings is 1. The molecule has 2 aromatic rings. The number of anilines is 1. The number of aliphatic carboxylic acids is 1. The fraction of sp³-hybridized carbons (Fsp3) is 0.385. The minimum absolute atomic E-state index is 0.0127. The van der Waals surface area contributed by atoms with Crippen molar-refractivity contribution in [1.29, 1.82) is 0 Å². The Labute approximate surface area is 129 Å². The van der Waals surface area contributed by atoms with Crippen molar-refractivity contribution in [3.8, 4) is 0 Å². The van der Waals surface area contributed by atoms with Crippen LogP contribution in [-0.2, 0) is 16.1 Å². The van der Waals surface area contributed by atoms with Crippen molar-refractivity contribution in [2.45, 2.75) is 25.5 Å². The summed E-state index contributed by atoms with van der Waals surface area (Å²) in [6.07, 6.45) is 4.93. The molecule has 22 heavy (non-hydrogen) atoms. The normalized spacial score (nSPS) is 17.5. The average molecular weight is 322 g/mol. The molecule has 8 nitrogen and oxygen atoms in total. The molecule has 116 valence electrons. The summed E-state index contributed by atoms with van der Waals surface area (Å²) in [5.41, 5.74) is 0. The Morgan fingerprint density at radius 3 is 3.14 bits per heavy atom. The number of carboxylic acid groups (broad SMARTS) is 1. The summed E-state index contributed by atoms with van der Waals surface area (Å²) in [5, 5.41) is 16.1. The number of rotatable bonds is 5. The van der Waals surface area contributed by atoms with E-state index >= 15 is 0 Å². The van der Waals surface area contributed by atoms with Gasteiger partial charge in [-0.3, -0.25) is 14.3 Å². The Kier molecular flexibility index (Phi) is 4.16. The van der Waals surface area contributed by atoms with Gasteiger partial charge in [0.05, 0.1) is 6.20 Å². The zero-order valence-electron chi connectivity index (χ0n) is 11.6. The molecule has 0 bridgehead atoms. The minimum atomic E-state index is -0.996. The number of nitrogens with one attached hydrogen (secondary N) is 1. The van der Waals surface area contributed by atoms with Gasteiger partial charge in [-0.25, -0.2) is 4.98 Å². The molecule has 1 unspecified atom stereocenters. The first-order chi connectivity index (χ1) is 10.6. The number of nitrogens with zero attached hydrogens (tertiary/aromatic N) is 3. The number of carbonyl (C=O) groups excluding carboxylic acids is 1. The Balaban J connectivity index is 1.64. The van der Waals surface area contributed by atoms with E-state index in [1.165, 1.54) is 28.4 Å². The summed E-state index contributed by atoms with van der Waals surface area (Å²) < 4.78 is 6.77. The third kappa shape index (κ3) is 3.31. The first-order valence-corrected chi connectivity index (χ1v) is 7.57. The van der Waals surface area contributed by atoms with Crippen molar-refractivity contribution in [2.75, 3.05) is 11.9 Å². The second-order valence-corrected chi connectivity index (χ2v) is 5.87. The lowest BCUT2D eigenvalue weighted by atomic mass is 10.2. The maximum atomic E-state index is 12.1. The third-order valence-electron chi connectivity index (χ3n) is 3.13. The molecule has 1 amide bonds. The lowest BCUT2D eigenvalue weighted by molar-refractivity contribution is -0.137. The number of ether oxygens (including phenoxy) is 1. The number of aromatic nitrogens is 3. The van der Waals surface area contributed by atoms with Gasteiger partial charge in [0.15, 0.2) is 5.82 Å². The Bertz CT molecular complexity index is 690. The molecule has 2 aromatic heterocycles. The molecule has 1 aliphatic rings. The molecule has 0 aliphatic carbocycles. The lowest BCUT2D eigenvalue weighted by Gasteiger charge is -2.03. The molecule has 0 spiro atoms. The molecule has 2 N–H and O–H groups in total. The van der Waals surface area contributed by atoms with E-state index in [0.29, 0.717) is 10.7 Å². The number of carboxylic acids is 1. The predicted molar refractivity (Wildman–Crippen MR) is 77.9 cm³/mol. The van der Waals surface area contributed by atoms with Crippen LogP contribution in [0.3, 0.4) is 0 Å². The van der Waals surface area contributed by atoms with Crippen molar-refractivity contribution in [3.05, 3.63) is 28.3 Å². The van der Waals surface area contributed by atoms with E-state index in [1.54, 1.807) is 6.07 Å². The summed E-state index contributed by atoms with van der Waals surface area (Å²) in [7, 11) is 0. The van der Waals surface area contributed by atoms with Gasteiger partial charge in [-0.2, -0.15) is 5.10 Å². The van der Waals surface area contributed by atoms with E-state index in [9.17, 15) is 9.59 Å². The van der Waals surface area contributed by atoms with Gasteiger partial charge >= 0.3 is 5.97 Å². The van der Waals surface area contributed by atoms with Gasteiger partial charge in [0.25, 0.3) is 5.91 Å². The van der Waals surface area contributed by atoms with Crippen LogP contribution in [0.25, 0.3) is 0 Å². The van der Waals surface area contributed by atoms with Crippen LogP contribution in [0, 0.1) is 0 Å². The first kappa shape index (κ1) is 14.7. The molecule has 3 rings (SSSR count). The highest BCUT2D eigenvalue weighted by molar-refractivity contribution is 7.13. The van der Waals surface area contributed by atoms with E-state index in [1.807, 2.05) is 0 Å². The topological polar surface area (TPSA) is 106 Å². The highest BCUT2D eigenvalue weighted by Gasteiger charge is 2.22. The lowest BCUT2D eigenvalue weighted by Crippen LogP contribution is -2.13. The second kappa shape index (κ2) is 6.24. The van der Waals surface area contributed by atoms with Gasteiger partial charge < -0.3 is 15.2 Å². The summed E-state index contributed by atoms with van der Waals surface area (Å²) in [4.78, 5) is 27.4. The predicted octanol–water partition coefficient (Wildman–Crippen LogP) is 1.53. The Morgan fingerprint density at radius 2 is 2.41 bits per heavy atom. The number of carbonyl (C=O) groups is 2. The van der Waals surface area contributed by atoms with Crippen molar-refractivity contribution >= 4 is 29.0 Å². The SMILES string of the molecule is O=C(O)Cn1ccc(NC(=O)c2cnc(C3CCCO3)s2)n1. The van der Waals surface area contributed by atoms with Crippen molar-refractivity contribution in [3.63, 3.8) is 0 Å². The summed E-state index contributed by atoms with van der Waals surface area (Å²) in [6.45, 7) is 0.479. The zero-order chi connectivity index (χ0) is 15.5. The summed E-state index contributed by atoms with van der Waals surface area (Å²) in [6, 6.07) is 1.54. The molecule has 0 aromatic carbocycles. The fourth-order valence-corrected chi connectivity index (χ4v) is 3.04. The highest BCUT2D eigenvalue weighted by Crippen LogP contribution is 2.31. The van der Waals surface area contributed by atoms with Crippen molar-refractivity contribution < 1.29 is 19.4 Å². The maximum Gasteiger partial charge on any atom is 0.325 e.